The van der Waals surface area contributed by atoms with Crippen LogP contribution in [0.3, 0.4) is 0 Å². The lowest BCUT2D eigenvalue weighted by molar-refractivity contribution is -0.117. The van der Waals surface area contributed by atoms with E-state index in [0.29, 0.717) is 13.1 Å². The van der Waals surface area contributed by atoms with Crippen molar-refractivity contribution in [2.75, 3.05) is 16.8 Å². The Morgan fingerprint density at radius 1 is 1.26 bits per heavy atom. The minimum atomic E-state index is -0.131. The molecule has 2 aromatic carbocycles. The third-order valence-corrected chi connectivity index (χ3v) is 4.17. The van der Waals surface area contributed by atoms with Crippen molar-refractivity contribution in [1.82, 2.24) is 0 Å². The van der Waals surface area contributed by atoms with Crippen molar-refractivity contribution < 1.29 is 4.79 Å². The predicted octanol–water partition coefficient (Wildman–Crippen LogP) is 3.75. The molecule has 0 unspecified atom stereocenters. The van der Waals surface area contributed by atoms with Gasteiger partial charge in [0, 0.05) is 29.5 Å². The Hall–Kier alpha value is -2.51. The number of nitrogens with one attached hydrogen (secondary N) is 1. The third-order valence-electron chi connectivity index (χ3n) is 3.92. The van der Waals surface area contributed by atoms with E-state index >= 15 is 0 Å². The summed E-state index contributed by atoms with van der Waals surface area (Å²) in [6.07, 6.45) is 0.749. The van der Waals surface area contributed by atoms with Crippen molar-refractivity contribution in [3.05, 3.63) is 58.6 Å². The molecule has 0 atom stereocenters. The summed E-state index contributed by atoms with van der Waals surface area (Å²) in [4.78, 5) is 13.6. The number of hydrogen-bond acceptors (Lipinski definition) is 3. The second kappa shape index (κ2) is 6.72. The molecule has 1 heterocycles. The molecule has 1 N–H and O–H groups in total. The molecule has 0 aliphatic carbocycles. The summed E-state index contributed by atoms with van der Waals surface area (Å²) in [6, 6.07) is 15.6. The Morgan fingerprint density at radius 2 is 2.04 bits per heavy atom. The Balaban J connectivity index is 1.69. The lowest BCUT2D eigenvalue weighted by atomic mass is 10.1. The van der Waals surface area contributed by atoms with Crippen molar-refractivity contribution in [2.24, 2.45) is 0 Å². The fourth-order valence-electron chi connectivity index (χ4n) is 2.74. The zero-order valence-electron chi connectivity index (χ0n) is 12.6. The highest BCUT2D eigenvalue weighted by atomic mass is 35.5. The van der Waals surface area contributed by atoms with Crippen molar-refractivity contribution in [3.63, 3.8) is 0 Å². The normalized spacial score (nSPS) is 12.6. The molecule has 2 aromatic rings. The standard InChI is InChI=1S/C18H16ClN3O/c19-15-3-1-13(2-4-15)12-21-16-5-6-17-14(11-16)8-10-22(17)18(23)7-9-20/h1-6,11,21H,7-8,10,12H2. The summed E-state index contributed by atoms with van der Waals surface area (Å²) in [6.45, 7) is 1.36. The molecule has 0 bridgehead atoms. The molecule has 0 aromatic heterocycles. The lowest BCUT2D eigenvalue weighted by Crippen LogP contribution is -2.28. The average Bonchev–Trinajstić information content (AvgIpc) is 2.98. The van der Waals surface area contributed by atoms with E-state index in [1.54, 1.807) is 4.90 Å². The summed E-state index contributed by atoms with van der Waals surface area (Å²) >= 11 is 5.88. The Bertz CT molecular complexity index is 765. The van der Waals surface area contributed by atoms with Crippen LogP contribution in [-0.4, -0.2) is 12.5 Å². The quantitative estimate of drug-likeness (QED) is 0.931. The van der Waals surface area contributed by atoms with E-state index in [9.17, 15) is 4.79 Å². The highest BCUT2D eigenvalue weighted by Gasteiger charge is 2.24. The van der Waals surface area contributed by atoms with E-state index < -0.39 is 0 Å². The molecular weight excluding hydrogens is 310 g/mol. The Morgan fingerprint density at radius 3 is 2.78 bits per heavy atom. The maximum atomic E-state index is 11.9. The molecular formula is C18H16ClN3O. The second-order valence-electron chi connectivity index (χ2n) is 5.45. The molecule has 1 aliphatic rings. The van der Waals surface area contributed by atoms with Crippen LogP contribution < -0.4 is 10.2 Å². The van der Waals surface area contributed by atoms with Crippen molar-refractivity contribution >= 4 is 28.9 Å². The highest BCUT2D eigenvalue weighted by Crippen LogP contribution is 2.31. The van der Waals surface area contributed by atoms with E-state index in [-0.39, 0.29) is 12.3 Å². The first-order valence-corrected chi connectivity index (χ1v) is 7.84. The largest absolute Gasteiger partial charge is 0.381 e. The summed E-state index contributed by atoms with van der Waals surface area (Å²) < 4.78 is 0. The van der Waals surface area contributed by atoms with E-state index in [1.165, 1.54) is 0 Å². The number of halogens is 1. The van der Waals surface area contributed by atoms with Crippen LogP contribution in [0.1, 0.15) is 17.5 Å². The first kappa shape index (κ1) is 15.4. The van der Waals surface area contributed by atoms with Gasteiger partial charge in [-0.15, -0.1) is 0 Å². The van der Waals surface area contributed by atoms with Crippen LogP contribution in [0.5, 0.6) is 0 Å². The number of amides is 1. The highest BCUT2D eigenvalue weighted by molar-refractivity contribution is 6.30. The number of nitriles is 1. The van der Waals surface area contributed by atoms with Crippen LogP contribution in [0.4, 0.5) is 11.4 Å². The zero-order valence-corrected chi connectivity index (χ0v) is 13.3. The second-order valence-corrected chi connectivity index (χ2v) is 5.89. The SMILES string of the molecule is N#CCC(=O)N1CCc2cc(NCc3ccc(Cl)cc3)ccc21. The number of fused-ring (bicyclic) bond motifs is 1. The topological polar surface area (TPSA) is 56.1 Å². The van der Waals surface area contributed by atoms with Crippen LogP contribution in [0, 0.1) is 11.3 Å². The van der Waals surface area contributed by atoms with Crippen molar-refractivity contribution in [2.45, 2.75) is 19.4 Å². The van der Waals surface area contributed by atoms with Crippen LogP contribution in [-0.2, 0) is 17.8 Å². The van der Waals surface area contributed by atoms with Gasteiger partial charge in [0.25, 0.3) is 0 Å². The molecule has 1 amide bonds. The minimum Gasteiger partial charge on any atom is -0.381 e. The van der Waals surface area contributed by atoms with Crippen LogP contribution in [0.15, 0.2) is 42.5 Å². The van der Waals surface area contributed by atoms with Gasteiger partial charge in [0.1, 0.15) is 6.42 Å². The summed E-state index contributed by atoms with van der Waals surface area (Å²) in [5.74, 6) is -0.131. The number of hydrogen-bond donors (Lipinski definition) is 1. The molecule has 0 fully saturated rings. The van der Waals surface area contributed by atoms with E-state index in [4.69, 9.17) is 16.9 Å². The molecule has 5 heteroatoms. The Kier molecular flexibility index (Phi) is 4.50. The smallest absolute Gasteiger partial charge is 0.241 e. The van der Waals surface area contributed by atoms with E-state index in [0.717, 1.165) is 33.9 Å². The first-order chi connectivity index (χ1) is 11.2. The molecule has 3 rings (SSSR count). The van der Waals surface area contributed by atoms with E-state index in [1.807, 2.05) is 42.5 Å². The number of benzene rings is 2. The van der Waals surface area contributed by atoms with Gasteiger partial charge in [0.2, 0.25) is 5.91 Å². The summed E-state index contributed by atoms with van der Waals surface area (Å²) in [7, 11) is 0. The molecule has 23 heavy (non-hydrogen) atoms. The van der Waals surface area contributed by atoms with Gasteiger partial charge in [0.15, 0.2) is 0 Å². The van der Waals surface area contributed by atoms with Gasteiger partial charge >= 0.3 is 0 Å². The van der Waals surface area contributed by atoms with Crippen LogP contribution in [0.25, 0.3) is 0 Å². The number of rotatable bonds is 4. The van der Waals surface area contributed by atoms with Gasteiger partial charge in [-0.25, -0.2) is 0 Å². The monoisotopic (exact) mass is 325 g/mol. The Labute approximate surface area is 140 Å². The minimum absolute atomic E-state index is 0.0734. The molecule has 116 valence electrons. The predicted molar refractivity (Wildman–Crippen MR) is 91.5 cm³/mol. The van der Waals surface area contributed by atoms with E-state index in [2.05, 4.69) is 11.4 Å². The molecule has 0 saturated carbocycles. The van der Waals surface area contributed by atoms with Gasteiger partial charge in [-0.3, -0.25) is 4.79 Å². The van der Waals surface area contributed by atoms with Gasteiger partial charge < -0.3 is 10.2 Å². The van der Waals surface area contributed by atoms with Crippen LogP contribution in [0.2, 0.25) is 5.02 Å². The molecule has 4 nitrogen and oxygen atoms in total. The molecule has 0 saturated heterocycles. The van der Waals surface area contributed by atoms with Crippen LogP contribution >= 0.6 is 11.6 Å². The summed E-state index contributed by atoms with van der Waals surface area (Å²) in [5.41, 5.74) is 4.23. The fourth-order valence-corrected chi connectivity index (χ4v) is 2.87. The molecule has 0 radical (unpaired) electrons. The molecule has 1 aliphatic heterocycles. The average molecular weight is 326 g/mol. The van der Waals surface area contributed by atoms with Crippen molar-refractivity contribution in [3.8, 4) is 6.07 Å². The van der Waals surface area contributed by atoms with Crippen molar-refractivity contribution in [1.29, 1.82) is 5.26 Å². The van der Waals surface area contributed by atoms with Gasteiger partial charge in [-0.2, -0.15) is 5.26 Å². The lowest BCUT2D eigenvalue weighted by Gasteiger charge is -2.16. The maximum Gasteiger partial charge on any atom is 0.241 e. The maximum absolute atomic E-state index is 11.9. The fraction of sp³-hybridized carbons (Fsp3) is 0.222. The first-order valence-electron chi connectivity index (χ1n) is 7.46. The van der Waals surface area contributed by atoms with Gasteiger partial charge in [-0.05, 0) is 47.9 Å². The number of nitrogens with zero attached hydrogens (tertiary/aromatic N) is 2. The molecule has 0 spiro atoms. The summed E-state index contributed by atoms with van der Waals surface area (Å²) in [5, 5.41) is 12.8. The van der Waals surface area contributed by atoms with Gasteiger partial charge in [-0.1, -0.05) is 23.7 Å². The van der Waals surface area contributed by atoms with Gasteiger partial charge in [0.05, 0.1) is 6.07 Å². The zero-order chi connectivity index (χ0) is 16.2. The number of anilines is 2. The number of carbonyl (C=O) groups is 1. The number of carbonyl (C=O) groups excluding carboxylic acids is 1. The third kappa shape index (κ3) is 3.46.